The molecule has 2 unspecified atom stereocenters. The monoisotopic (exact) mass is 647 g/mol. The molecule has 0 radical (unpaired) electrons. The van der Waals surface area contributed by atoms with E-state index in [2.05, 4.69) is 196 Å². The number of fused-ring (bicyclic) bond motifs is 6. The van der Waals surface area contributed by atoms with E-state index in [4.69, 9.17) is 0 Å². The maximum absolute atomic E-state index is 2.66. The SMILES string of the molecule is CC(C)(C)c1ccc2c(c1)C1C=CC3=C(c4cc([Si](c5ccccc5)(c5ccccc5)c5ccccc5)ccc4C3)C1N2c1ccccc1. The number of anilines is 2. The molecular weight excluding hydrogens is 607 g/mol. The van der Waals surface area contributed by atoms with Crippen molar-refractivity contribution < 1.29 is 0 Å². The molecule has 0 saturated carbocycles. The Labute approximate surface area is 291 Å². The Morgan fingerprint density at radius 1 is 0.592 bits per heavy atom. The maximum Gasteiger partial charge on any atom is 0.179 e. The first-order chi connectivity index (χ1) is 23.9. The molecule has 0 fully saturated rings. The summed E-state index contributed by atoms with van der Waals surface area (Å²) >= 11 is 0. The number of rotatable bonds is 5. The number of para-hydroxylation sites is 1. The normalized spacial score (nSPS) is 17.8. The van der Waals surface area contributed by atoms with Crippen molar-refractivity contribution in [3.63, 3.8) is 0 Å². The largest absolute Gasteiger partial charge is 0.333 e. The average Bonchev–Trinajstić information content (AvgIpc) is 3.68. The third kappa shape index (κ3) is 4.65. The number of allylic oxidation sites excluding steroid dienone is 2. The number of hydrogen-bond acceptors (Lipinski definition) is 1. The molecule has 3 aliphatic rings. The standard InChI is InChI=1S/C47H41NSi/c1-47(2,3)35-26-29-44-43(31-35)41-28-25-34-30-33-24-27-40(32-42(33)45(34)46(41)48(44)36-16-8-4-9-17-36)49(37-18-10-5-11-19-37,38-20-12-6-13-21-38)39-22-14-7-15-23-39/h4-29,31-32,41,46H,30H2,1-3H3. The Morgan fingerprint density at radius 2 is 1.16 bits per heavy atom. The molecule has 6 aromatic rings. The lowest BCUT2D eigenvalue weighted by atomic mass is 9.80. The zero-order chi connectivity index (χ0) is 33.2. The zero-order valence-corrected chi connectivity index (χ0v) is 29.5. The second-order valence-electron chi connectivity index (χ2n) is 14.9. The summed E-state index contributed by atoms with van der Waals surface area (Å²) in [6.45, 7) is 6.97. The minimum Gasteiger partial charge on any atom is -0.333 e. The summed E-state index contributed by atoms with van der Waals surface area (Å²) in [5.41, 5.74) is 11.3. The van der Waals surface area contributed by atoms with Crippen molar-refractivity contribution in [3.8, 4) is 0 Å². The van der Waals surface area contributed by atoms with Gasteiger partial charge in [-0.15, -0.1) is 0 Å². The molecule has 1 nitrogen and oxygen atoms in total. The first-order valence-corrected chi connectivity index (χ1v) is 19.6. The molecule has 0 N–H and O–H groups in total. The van der Waals surface area contributed by atoms with Crippen molar-refractivity contribution in [2.24, 2.45) is 0 Å². The van der Waals surface area contributed by atoms with Crippen molar-refractivity contribution in [2.45, 2.75) is 44.6 Å². The van der Waals surface area contributed by atoms with E-state index in [1.54, 1.807) is 0 Å². The fourth-order valence-electron chi connectivity index (χ4n) is 8.86. The van der Waals surface area contributed by atoms with Gasteiger partial charge in [-0.25, -0.2) is 0 Å². The lowest BCUT2D eigenvalue weighted by molar-refractivity contribution is 0.589. The molecule has 6 aromatic carbocycles. The van der Waals surface area contributed by atoms with Crippen LogP contribution in [0.4, 0.5) is 11.4 Å². The predicted molar refractivity (Wildman–Crippen MR) is 210 cm³/mol. The summed E-state index contributed by atoms with van der Waals surface area (Å²) in [4.78, 5) is 2.64. The molecule has 0 amide bonds. The highest BCUT2D eigenvalue weighted by molar-refractivity contribution is 7.19. The van der Waals surface area contributed by atoms with E-state index in [0.29, 0.717) is 0 Å². The van der Waals surface area contributed by atoms with Gasteiger partial charge in [-0.1, -0.05) is 172 Å². The third-order valence-corrected chi connectivity index (χ3v) is 15.9. The highest BCUT2D eigenvalue weighted by Crippen LogP contribution is 2.55. The maximum atomic E-state index is 2.64. The first-order valence-electron chi connectivity index (χ1n) is 17.6. The van der Waals surface area contributed by atoms with Crippen molar-refractivity contribution >= 4 is 45.8 Å². The van der Waals surface area contributed by atoms with Crippen LogP contribution in [0, 0.1) is 0 Å². The van der Waals surface area contributed by atoms with Gasteiger partial charge in [-0.3, -0.25) is 0 Å². The topological polar surface area (TPSA) is 3.24 Å². The quantitative estimate of drug-likeness (QED) is 0.134. The first kappa shape index (κ1) is 29.9. The van der Waals surface area contributed by atoms with Crippen LogP contribution >= 0.6 is 0 Å². The van der Waals surface area contributed by atoms with E-state index >= 15 is 0 Å². The molecule has 0 bridgehead atoms. The predicted octanol–water partition coefficient (Wildman–Crippen LogP) is 8.55. The minimum absolute atomic E-state index is 0.0859. The van der Waals surface area contributed by atoms with Crippen LogP contribution in [0.25, 0.3) is 5.57 Å². The van der Waals surface area contributed by atoms with Gasteiger partial charge in [-0.05, 0) is 84.2 Å². The van der Waals surface area contributed by atoms with Crippen LogP contribution in [0.3, 0.4) is 0 Å². The van der Waals surface area contributed by atoms with Crippen LogP contribution in [-0.4, -0.2) is 14.1 Å². The molecule has 1 aliphatic heterocycles. The molecule has 2 atom stereocenters. The summed E-state index contributed by atoms with van der Waals surface area (Å²) in [5.74, 6) is 0.283. The van der Waals surface area contributed by atoms with E-state index in [1.807, 2.05) is 0 Å². The molecule has 0 saturated heterocycles. The Hall–Kier alpha value is -5.18. The molecule has 49 heavy (non-hydrogen) atoms. The summed E-state index contributed by atoms with van der Waals surface area (Å²) in [5, 5.41) is 5.67. The van der Waals surface area contributed by atoms with Crippen molar-refractivity contribution in [2.75, 3.05) is 4.90 Å². The minimum atomic E-state index is -2.66. The summed E-state index contributed by atoms with van der Waals surface area (Å²) < 4.78 is 0. The Kier molecular flexibility index (Phi) is 7.00. The number of hydrogen-bond donors (Lipinski definition) is 0. The van der Waals surface area contributed by atoms with Gasteiger partial charge in [0.25, 0.3) is 0 Å². The van der Waals surface area contributed by atoms with Gasteiger partial charge in [0.15, 0.2) is 8.07 Å². The van der Waals surface area contributed by atoms with Crippen LogP contribution in [0.1, 0.15) is 48.9 Å². The van der Waals surface area contributed by atoms with E-state index in [1.165, 1.54) is 65.5 Å². The van der Waals surface area contributed by atoms with Crippen LogP contribution in [0.15, 0.2) is 175 Å². The van der Waals surface area contributed by atoms with Crippen molar-refractivity contribution in [1.29, 1.82) is 0 Å². The van der Waals surface area contributed by atoms with Gasteiger partial charge in [0, 0.05) is 17.3 Å². The van der Waals surface area contributed by atoms with Gasteiger partial charge in [-0.2, -0.15) is 0 Å². The number of benzene rings is 6. The van der Waals surface area contributed by atoms with Crippen molar-refractivity contribution in [3.05, 3.63) is 198 Å². The molecule has 2 heteroatoms. The smallest absolute Gasteiger partial charge is 0.179 e. The highest BCUT2D eigenvalue weighted by Gasteiger charge is 2.47. The van der Waals surface area contributed by atoms with Crippen LogP contribution in [0.2, 0.25) is 0 Å². The highest BCUT2D eigenvalue weighted by atomic mass is 28.3. The van der Waals surface area contributed by atoms with E-state index < -0.39 is 8.07 Å². The lowest BCUT2D eigenvalue weighted by Crippen LogP contribution is -2.74. The molecule has 9 rings (SSSR count). The van der Waals surface area contributed by atoms with Crippen LogP contribution in [-0.2, 0) is 11.8 Å². The van der Waals surface area contributed by atoms with Crippen LogP contribution in [0.5, 0.6) is 0 Å². The Bertz CT molecular complexity index is 2130. The molecule has 238 valence electrons. The van der Waals surface area contributed by atoms with Gasteiger partial charge in [0.05, 0.1) is 6.04 Å². The second kappa shape index (κ2) is 11.5. The lowest BCUT2D eigenvalue weighted by Gasteiger charge is -2.36. The molecule has 2 aliphatic carbocycles. The van der Waals surface area contributed by atoms with Gasteiger partial charge in [0.1, 0.15) is 0 Å². The van der Waals surface area contributed by atoms with E-state index in [-0.39, 0.29) is 17.4 Å². The molecular formula is C47H41NSi. The van der Waals surface area contributed by atoms with Gasteiger partial charge < -0.3 is 4.90 Å². The molecule has 0 aromatic heterocycles. The summed E-state index contributed by atoms with van der Waals surface area (Å²) in [6.07, 6.45) is 5.93. The van der Waals surface area contributed by atoms with E-state index in [9.17, 15) is 0 Å². The Balaban J connectivity index is 1.27. The fourth-order valence-corrected chi connectivity index (χ4v) is 13.6. The van der Waals surface area contributed by atoms with Crippen LogP contribution < -0.4 is 25.6 Å². The van der Waals surface area contributed by atoms with Gasteiger partial charge in [0.2, 0.25) is 0 Å². The molecule has 1 heterocycles. The van der Waals surface area contributed by atoms with E-state index in [0.717, 1.165) is 6.42 Å². The van der Waals surface area contributed by atoms with Gasteiger partial charge >= 0.3 is 0 Å². The molecule has 0 spiro atoms. The second-order valence-corrected chi connectivity index (χ2v) is 18.7. The fraction of sp³-hybridized carbons (Fsp3) is 0.149. The Morgan fingerprint density at radius 3 is 1.73 bits per heavy atom. The van der Waals surface area contributed by atoms with Crippen molar-refractivity contribution in [1.82, 2.24) is 0 Å². The number of nitrogens with zero attached hydrogens (tertiary/aromatic N) is 1. The summed E-state index contributed by atoms with van der Waals surface area (Å²) in [6, 6.07) is 59.9. The third-order valence-electron chi connectivity index (χ3n) is 11.1. The summed E-state index contributed by atoms with van der Waals surface area (Å²) in [7, 11) is -2.66. The zero-order valence-electron chi connectivity index (χ0n) is 28.5. The average molecular weight is 648 g/mol.